The van der Waals surface area contributed by atoms with E-state index in [0.29, 0.717) is 0 Å². The fourth-order valence-electron chi connectivity index (χ4n) is 1.28. The maximum absolute atomic E-state index is 5.30. The Morgan fingerprint density at radius 2 is 2.56 bits per heavy atom. The first-order valence-electron chi connectivity index (χ1n) is 3.84. The van der Waals surface area contributed by atoms with Gasteiger partial charge in [-0.05, 0) is 25.2 Å². The second-order valence-electron chi connectivity index (χ2n) is 2.62. The standard InChI is InChI=1S/C8H15O/c1-2-4-8-5-3-6-9-7-8/h4,8H,2-3,5-7H2,1H3/t8-/m1/s1. The van der Waals surface area contributed by atoms with E-state index >= 15 is 0 Å². The van der Waals surface area contributed by atoms with Crippen LogP contribution in [-0.2, 0) is 4.74 Å². The molecule has 1 radical (unpaired) electrons. The summed E-state index contributed by atoms with van der Waals surface area (Å²) in [6.45, 7) is 4.14. The summed E-state index contributed by atoms with van der Waals surface area (Å²) in [5, 5.41) is 0. The predicted octanol–water partition coefficient (Wildman–Crippen LogP) is 2.03. The summed E-state index contributed by atoms with van der Waals surface area (Å²) < 4.78 is 5.30. The molecule has 0 aromatic rings. The van der Waals surface area contributed by atoms with Gasteiger partial charge in [0.2, 0.25) is 0 Å². The zero-order chi connectivity index (χ0) is 6.53. The molecular formula is C8H15O. The first-order valence-corrected chi connectivity index (χ1v) is 3.84. The second kappa shape index (κ2) is 3.89. The minimum absolute atomic E-state index is 0.753. The van der Waals surface area contributed by atoms with Gasteiger partial charge in [-0.3, -0.25) is 0 Å². The lowest BCUT2D eigenvalue weighted by atomic mass is 9.98. The van der Waals surface area contributed by atoms with Gasteiger partial charge in [-0.25, -0.2) is 0 Å². The van der Waals surface area contributed by atoms with E-state index in [2.05, 4.69) is 13.3 Å². The molecule has 0 saturated carbocycles. The molecule has 0 aromatic heterocycles. The number of hydrogen-bond donors (Lipinski definition) is 0. The van der Waals surface area contributed by atoms with E-state index in [1.807, 2.05) is 0 Å². The van der Waals surface area contributed by atoms with E-state index in [4.69, 9.17) is 4.74 Å². The maximum atomic E-state index is 5.30. The van der Waals surface area contributed by atoms with Crippen molar-refractivity contribution in [3.8, 4) is 0 Å². The summed E-state index contributed by atoms with van der Waals surface area (Å²) in [7, 11) is 0. The van der Waals surface area contributed by atoms with E-state index in [-0.39, 0.29) is 0 Å². The van der Waals surface area contributed by atoms with E-state index in [1.165, 1.54) is 19.3 Å². The van der Waals surface area contributed by atoms with Crippen LogP contribution in [-0.4, -0.2) is 13.2 Å². The normalized spacial score (nSPS) is 28.3. The van der Waals surface area contributed by atoms with Crippen LogP contribution in [0.1, 0.15) is 26.2 Å². The van der Waals surface area contributed by atoms with Gasteiger partial charge in [0.15, 0.2) is 0 Å². The van der Waals surface area contributed by atoms with Crippen molar-refractivity contribution in [3.05, 3.63) is 6.42 Å². The number of hydrogen-bond acceptors (Lipinski definition) is 1. The van der Waals surface area contributed by atoms with Gasteiger partial charge in [0.05, 0.1) is 0 Å². The molecule has 0 bridgehead atoms. The third-order valence-electron chi connectivity index (χ3n) is 1.76. The van der Waals surface area contributed by atoms with Crippen molar-refractivity contribution in [2.24, 2.45) is 5.92 Å². The van der Waals surface area contributed by atoms with Crippen molar-refractivity contribution in [1.29, 1.82) is 0 Å². The summed E-state index contributed by atoms with van der Waals surface area (Å²) in [5.74, 6) is 0.753. The topological polar surface area (TPSA) is 9.23 Å². The Bertz CT molecular complexity index is 62.2. The quantitative estimate of drug-likeness (QED) is 0.551. The summed E-state index contributed by atoms with van der Waals surface area (Å²) in [6, 6.07) is 0. The van der Waals surface area contributed by atoms with E-state index < -0.39 is 0 Å². The highest BCUT2D eigenvalue weighted by Gasteiger charge is 2.11. The Balaban J connectivity index is 2.08. The summed E-state index contributed by atoms with van der Waals surface area (Å²) in [4.78, 5) is 0. The van der Waals surface area contributed by atoms with Crippen LogP contribution in [0.15, 0.2) is 0 Å². The van der Waals surface area contributed by atoms with Gasteiger partial charge in [0, 0.05) is 13.2 Å². The fourth-order valence-corrected chi connectivity index (χ4v) is 1.28. The van der Waals surface area contributed by atoms with Crippen LogP contribution < -0.4 is 0 Å². The SMILES string of the molecule is CC[CH][C@@H]1CCCOC1. The zero-order valence-electron chi connectivity index (χ0n) is 6.10. The molecule has 1 nitrogen and oxygen atoms in total. The smallest absolute Gasteiger partial charge is 0.0497 e. The van der Waals surface area contributed by atoms with E-state index in [9.17, 15) is 0 Å². The summed E-state index contributed by atoms with van der Waals surface area (Å²) in [5.41, 5.74) is 0. The minimum Gasteiger partial charge on any atom is -0.381 e. The van der Waals surface area contributed by atoms with Crippen LogP contribution in [0, 0.1) is 12.3 Å². The van der Waals surface area contributed by atoms with Crippen molar-refractivity contribution in [2.45, 2.75) is 26.2 Å². The Labute approximate surface area is 57.4 Å². The van der Waals surface area contributed by atoms with E-state index in [0.717, 1.165) is 19.1 Å². The van der Waals surface area contributed by atoms with E-state index in [1.54, 1.807) is 0 Å². The van der Waals surface area contributed by atoms with Crippen molar-refractivity contribution in [1.82, 2.24) is 0 Å². The molecule has 1 saturated heterocycles. The van der Waals surface area contributed by atoms with Gasteiger partial charge >= 0.3 is 0 Å². The third-order valence-corrected chi connectivity index (χ3v) is 1.76. The third kappa shape index (κ3) is 2.35. The molecule has 0 unspecified atom stereocenters. The molecule has 9 heavy (non-hydrogen) atoms. The van der Waals surface area contributed by atoms with Gasteiger partial charge in [0.1, 0.15) is 0 Å². The molecule has 0 N–H and O–H groups in total. The first-order chi connectivity index (χ1) is 4.43. The monoisotopic (exact) mass is 127 g/mol. The highest BCUT2D eigenvalue weighted by molar-refractivity contribution is 4.76. The summed E-state index contributed by atoms with van der Waals surface area (Å²) >= 11 is 0. The highest BCUT2D eigenvalue weighted by atomic mass is 16.5. The van der Waals surface area contributed by atoms with Crippen molar-refractivity contribution in [3.63, 3.8) is 0 Å². The Morgan fingerprint density at radius 3 is 3.11 bits per heavy atom. The lowest BCUT2D eigenvalue weighted by molar-refractivity contribution is 0.0651. The second-order valence-corrected chi connectivity index (χ2v) is 2.62. The predicted molar refractivity (Wildman–Crippen MR) is 38.1 cm³/mol. The van der Waals surface area contributed by atoms with Crippen molar-refractivity contribution >= 4 is 0 Å². The molecule has 53 valence electrons. The average Bonchev–Trinajstić information content (AvgIpc) is 1.91. The van der Waals surface area contributed by atoms with Crippen LogP contribution in [0.5, 0.6) is 0 Å². The molecular weight excluding hydrogens is 112 g/mol. The lowest BCUT2D eigenvalue weighted by Gasteiger charge is -2.20. The molecule has 0 amide bonds. The molecule has 0 spiro atoms. The zero-order valence-corrected chi connectivity index (χ0v) is 6.10. The largest absolute Gasteiger partial charge is 0.381 e. The van der Waals surface area contributed by atoms with Gasteiger partial charge < -0.3 is 4.74 Å². The van der Waals surface area contributed by atoms with Crippen LogP contribution >= 0.6 is 0 Å². The van der Waals surface area contributed by atoms with Crippen LogP contribution in [0.2, 0.25) is 0 Å². The van der Waals surface area contributed by atoms with Gasteiger partial charge in [-0.1, -0.05) is 13.3 Å². The van der Waals surface area contributed by atoms with Crippen molar-refractivity contribution < 1.29 is 4.74 Å². The molecule has 1 atom stereocenters. The number of rotatable bonds is 2. The van der Waals surface area contributed by atoms with Crippen molar-refractivity contribution in [2.75, 3.05) is 13.2 Å². The molecule has 1 heterocycles. The van der Waals surface area contributed by atoms with Gasteiger partial charge in [-0.15, -0.1) is 0 Å². The molecule has 1 rings (SSSR count). The highest BCUT2D eigenvalue weighted by Crippen LogP contribution is 2.16. The molecule has 1 aliphatic heterocycles. The van der Waals surface area contributed by atoms with Gasteiger partial charge in [0.25, 0.3) is 0 Å². The first kappa shape index (κ1) is 7.07. The molecule has 1 fully saturated rings. The fraction of sp³-hybridized carbons (Fsp3) is 0.875. The average molecular weight is 127 g/mol. The maximum Gasteiger partial charge on any atom is 0.0497 e. The van der Waals surface area contributed by atoms with Crippen LogP contribution in [0.3, 0.4) is 0 Å². The minimum atomic E-state index is 0.753. The van der Waals surface area contributed by atoms with Gasteiger partial charge in [-0.2, -0.15) is 0 Å². The Hall–Kier alpha value is -0.0400. The molecule has 1 aliphatic rings. The summed E-state index contributed by atoms with van der Waals surface area (Å²) in [6.07, 6.45) is 6.14. The van der Waals surface area contributed by atoms with Crippen LogP contribution in [0.4, 0.5) is 0 Å². The molecule has 0 aromatic carbocycles. The Morgan fingerprint density at radius 1 is 1.67 bits per heavy atom. The molecule has 0 aliphatic carbocycles. The Kier molecular flexibility index (Phi) is 3.05. The lowest BCUT2D eigenvalue weighted by Crippen LogP contribution is -2.17. The number of ether oxygens (including phenoxy) is 1. The van der Waals surface area contributed by atoms with Crippen LogP contribution in [0.25, 0.3) is 0 Å². The molecule has 1 heteroatoms.